The maximum atomic E-state index is 12.4. The minimum absolute atomic E-state index is 0.0548. The summed E-state index contributed by atoms with van der Waals surface area (Å²) in [4.78, 5) is 23.6. The number of carboxylic acid groups (broad SMARTS) is 1. The normalized spacial score (nSPS) is 10.4. The predicted octanol–water partition coefficient (Wildman–Crippen LogP) is 3.36. The van der Waals surface area contributed by atoms with E-state index < -0.39 is 5.97 Å². The highest BCUT2D eigenvalue weighted by atomic mass is 16.5. The highest BCUT2D eigenvalue weighted by Gasteiger charge is 2.15. The van der Waals surface area contributed by atoms with Gasteiger partial charge in [-0.05, 0) is 37.6 Å². The number of methoxy groups -OCH3 is 1. The van der Waals surface area contributed by atoms with Crippen molar-refractivity contribution >= 4 is 17.6 Å². The molecule has 0 heterocycles. The van der Waals surface area contributed by atoms with Gasteiger partial charge in [-0.2, -0.15) is 0 Å². The van der Waals surface area contributed by atoms with Crippen LogP contribution in [0.1, 0.15) is 29.8 Å². The molecule has 1 amide bonds. The van der Waals surface area contributed by atoms with Crippen molar-refractivity contribution < 1.29 is 24.2 Å². The Morgan fingerprint density at radius 1 is 1.16 bits per heavy atom. The number of hydrogen-bond acceptors (Lipinski definition) is 4. The molecule has 2 aromatic rings. The van der Waals surface area contributed by atoms with E-state index in [2.05, 4.69) is 5.32 Å². The number of anilines is 1. The second-order valence-corrected chi connectivity index (χ2v) is 5.72. The van der Waals surface area contributed by atoms with Crippen molar-refractivity contribution in [2.45, 2.75) is 26.4 Å². The molecule has 0 unspecified atom stereocenters. The topological polar surface area (TPSA) is 84.9 Å². The Hall–Kier alpha value is -3.02. The van der Waals surface area contributed by atoms with E-state index in [1.807, 2.05) is 13.8 Å². The Morgan fingerprint density at radius 3 is 2.52 bits per heavy atom. The van der Waals surface area contributed by atoms with Crippen LogP contribution in [0, 0.1) is 0 Å². The van der Waals surface area contributed by atoms with Crippen molar-refractivity contribution in [3.63, 3.8) is 0 Å². The summed E-state index contributed by atoms with van der Waals surface area (Å²) >= 11 is 0. The third kappa shape index (κ3) is 4.97. The van der Waals surface area contributed by atoms with Gasteiger partial charge in [0, 0.05) is 6.07 Å². The minimum Gasteiger partial charge on any atom is -0.497 e. The first-order valence-corrected chi connectivity index (χ1v) is 7.86. The Morgan fingerprint density at radius 2 is 1.88 bits per heavy atom. The molecule has 0 aliphatic carbocycles. The molecule has 6 heteroatoms. The number of benzene rings is 2. The minimum atomic E-state index is -1.06. The van der Waals surface area contributed by atoms with Gasteiger partial charge in [-0.1, -0.05) is 18.2 Å². The fourth-order valence-electron chi connectivity index (χ4n) is 2.34. The van der Waals surface area contributed by atoms with Crippen LogP contribution in [0.25, 0.3) is 0 Å². The molecule has 2 N–H and O–H groups in total. The summed E-state index contributed by atoms with van der Waals surface area (Å²) in [6.07, 6.45) is -0.113. The predicted molar refractivity (Wildman–Crippen MR) is 94.5 cm³/mol. The number of aromatic carboxylic acids is 1. The van der Waals surface area contributed by atoms with Gasteiger partial charge in [-0.3, -0.25) is 4.79 Å². The molecule has 25 heavy (non-hydrogen) atoms. The summed E-state index contributed by atoms with van der Waals surface area (Å²) in [5.41, 5.74) is 1.04. The van der Waals surface area contributed by atoms with Crippen molar-refractivity contribution in [1.82, 2.24) is 0 Å². The smallest absolute Gasteiger partial charge is 0.335 e. The maximum Gasteiger partial charge on any atom is 0.335 e. The Bertz CT molecular complexity index is 770. The average Bonchev–Trinajstić information content (AvgIpc) is 2.56. The van der Waals surface area contributed by atoms with Gasteiger partial charge >= 0.3 is 5.97 Å². The van der Waals surface area contributed by atoms with Crippen LogP contribution in [0.4, 0.5) is 5.69 Å². The quantitative estimate of drug-likeness (QED) is 0.805. The summed E-state index contributed by atoms with van der Waals surface area (Å²) in [6.45, 7) is 3.78. The summed E-state index contributed by atoms with van der Waals surface area (Å²) in [6, 6.07) is 11.6. The zero-order valence-electron chi connectivity index (χ0n) is 14.4. The van der Waals surface area contributed by atoms with Gasteiger partial charge in [0.05, 0.1) is 30.9 Å². The first kappa shape index (κ1) is 18.3. The molecule has 0 bridgehead atoms. The Labute approximate surface area is 146 Å². The van der Waals surface area contributed by atoms with Crippen molar-refractivity contribution in [2.24, 2.45) is 0 Å². The number of nitrogens with one attached hydrogen (secondary N) is 1. The van der Waals surface area contributed by atoms with Crippen LogP contribution in [0.15, 0.2) is 42.5 Å². The fourth-order valence-corrected chi connectivity index (χ4v) is 2.34. The number of carboxylic acids is 1. The lowest BCUT2D eigenvalue weighted by Crippen LogP contribution is -2.18. The van der Waals surface area contributed by atoms with Crippen molar-refractivity contribution in [2.75, 3.05) is 12.4 Å². The third-order valence-electron chi connectivity index (χ3n) is 3.42. The number of amides is 1. The van der Waals surface area contributed by atoms with Crippen LogP contribution in [-0.2, 0) is 11.2 Å². The lowest BCUT2D eigenvalue weighted by Gasteiger charge is -2.16. The molecule has 0 spiro atoms. The number of ether oxygens (including phenoxy) is 2. The number of carbonyl (C=O) groups is 2. The molecule has 0 aliphatic heterocycles. The summed E-state index contributed by atoms with van der Waals surface area (Å²) in [5.74, 6) is -0.294. The number of hydrogen-bond donors (Lipinski definition) is 2. The van der Waals surface area contributed by atoms with E-state index in [9.17, 15) is 14.7 Å². The van der Waals surface area contributed by atoms with Crippen molar-refractivity contribution in [1.29, 1.82) is 0 Å². The molecule has 0 radical (unpaired) electrons. The monoisotopic (exact) mass is 343 g/mol. The summed E-state index contributed by atoms with van der Waals surface area (Å²) in [7, 11) is 1.53. The molecule has 6 nitrogen and oxygen atoms in total. The lowest BCUT2D eigenvalue weighted by atomic mass is 10.0. The van der Waals surface area contributed by atoms with Crippen LogP contribution in [0.2, 0.25) is 0 Å². The molecule has 2 aromatic carbocycles. The molecule has 132 valence electrons. The highest BCUT2D eigenvalue weighted by Crippen LogP contribution is 2.30. The van der Waals surface area contributed by atoms with Gasteiger partial charge in [0.15, 0.2) is 0 Å². The van der Waals surface area contributed by atoms with Crippen LogP contribution in [0.3, 0.4) is 0 Å². The van der Waals surface area contributed by atoms with Crippen LogP contribution < -0.4 is 14.8 Å². The van der Waals surface area contributed by atoms with Gasteiger partial charge in [0.1, 0.15) is 11.5 Å². The van der Waals surface area contributed by atoms with E-state index >= 15 is 0 Å². The molecule has 2 rings (SSSR count). The summed E-state index contributed by atoms with van der Waals surface area (Å²) < 4.78 is 10.9. The van der Waals surface area contributed by atoms with E-state index in [0.717, 1.165) is 0 Å². The van der Waals surface area contributed by atoms with Gasteiger partial charge < -0.3 is 19.9 Å². The molecule has 0 aromatic heterocycles. The SMILES string of the molecule is COc1ccc(OC(C)C)c(NC(=O)Cc2ccccc2C(=O)O)c1. The van der Waals surface area contributed by atoms with Gasteiger partial charge in [0.2, 0.25) is 5.91 Å². The van der Waals surface area contributed by atoms with E-state index in [1.54, 1.807) is 36.4 Å². The fraction of sp³-hybridized carbons (Fsp3) is 0.263. The summed E-state index contributed by atoms with van der Waals surface area (Å²) in [5, 5.41) is 12.0. The second kappa shape index (κ2) is 8.19. The van der Waals surface area contributed by atoms with Crippen molar-refractivity contribution in [3.8, 4) is 11.5 Å². The molecule has 0 saturated heterocycles. The molecule has 0 saturated carbocycles. The standard InChI is InChI=1S/C19H21NO5/c1-12(2)25-17-9-8-14(24-3)11-16(17)20-18(21)10-13-6-4-5-7-15(13)19(22)23/h4-9,11-12H,10H2,1-3H3,(H,20,21)(H,22,23). The molecular weight excluding hydrogens is 322 g/mol. The van der Waals surface area contributed by atoms with Gasteiger partial charge in [-0.25, -0.2) is 4.79 Å². The largest absolute Gasteiger partial charge is 0.497 e. The lowest BCUT2D eigenvalue weighted by molar-refractivity contribution is -0.115. The van der Waals surface area contributed by atoms with E-state index in [0.29, 0.717) is 22.7 Å². The molecule has 0 fully saturated rings. The van der Waals surface area contributed by atoms with Crippen LogP contribution in [0.5, 0.6) is 11.5 Å². The van der Waals surface area contributed by atoms with Crippen LogP contribution in [-0.4, -0.2) is 30.2 Å². The molecular formula is C19H21NO5. The first-order valence-electron chi connectivity index (χ1n) is 7.86. The molecule has 0 aliphatic rings. The van der Waals surface area contributed by atoms with Crippen molar-refractivity contribution in [3.05, 3.63) is 53.6 Å². The first-order chi connectivity index (χ1) is 11.9. The third-order valence-corrected chi connectivity index (χ3v) is 3.42. The average molecular weight is 343 g/mol. The zero-order chi connectivity index (χ0) is 18.4. The van der Waals surface area contributed by atoms with Gasteiger partial charge in [0.25, 0.3) is 0 Å². The van der Waals surface area contributed by atoms with Crippen LogP contribution >= 0.6 is 0 Å². The Kier molecular flexibility index (Phi) is 6.00. The number of rotatable bonds is 7. The number of carbonyl (C=O) groups excluding carboxylic acids is 1. The zero-order valence-corrected chi connectivity index (χ0v) is 14.4. The van der Waals surface area contributed by atoms with E-state index in [4.69, 9.17) is 9.47 Å². The second-order valence-electron chi connectivity index (χ2n) is 5.72. The molecule has 0 atom stereocenters. The highest BCUT2D eigenvalue weighted by molar-refractivity contribution is 5.97. The Balaban J connectivity index is 2.21. The van der Waals surface area contributed by atoms with E-state index in [1.165, 1.54) is 13.2 Å². The maximum absolute atomic E-state index is 12.4. The van der Waals surface area contributed by atoms with E-state index in [-0.39, 0.29) is 24.0 Å². The van der Waals surface area contributed by atoms with Gasteiger partial charge in [-0.15, -0.1) is 0 Å².